The number of carbonyl (C=O) groups excluding carboxylic acids is 2. The van der Waals surface area contributed by atoms with Crippen molar-refractivity contribution in [1.29, 1.82) is 0 Å². The average Bonchev–Trinajstić information content (AvgIpc) is 2.98. The molecule has 7 heteroatoms. The minimum atomic E-state index is -0.152. The summed E-state index contributed by atoms with van der Waals surface area (Å²) in [6, 6.07) is 4.90. The second-order valence-electron chi connectivity index (χ2n) is 10.6. The molecule has 1 heterocycles. The van der Waals surface area contributed by atoms with Gasteiger partial charge >= 0.3 is 6.03 Å². The Morgan fingerprint density at radius 2 is 1.75 bits per heavy atom. The molecule has 0 aromatic heterocycles. The molecule has 0 spiro atoms. The van der Waals surface area contributed by atoms with Crippen LogP contribution in [0.15, 0.2) is 18.2 Å². The lowest BCUT2D eigenvalue weighted by Crippen LogP contribution is -2.46. The molecule has 5 nitrogen and oxygen atoms in total. The first-order chi connectivity index (χ1) is 15.4. The van der Waals surface area contributed by atoms with Crippen molar-refractivity contribution in [2.24, 2.45) is 35.5 Å². The first kappa shape index (κ1) is 22.3. The summed E-state index contributed by atoms with van der Waals surface area (Å²) in [4.78, 5) is 27.6. The maximum Gasteiger partial charge on any atom is 0.321 e. The van der Waals surface area contributed by atoms with E-state index in [0.29, 0.717) is 28.8 Å². The fraction of sp³-hybridized carbons (Fsp3) is 0.680. The minimum Gasteiger partial charge on any atom is -0.356 e. The van der Waals surface area contributed by atoms with Gasteiger partial charge in [-0.1, -0.05) is 23.2 Å². The van der Waals surface area contributed by atoms with Crippen LogP contribution in [0.2, 0.25) is 10.0 Å². The van der Waals surface area contributed by atoms with Crippen molar-refractivity contribution in [3.05, 3.63) is 28.2 Å². The number of rotatable bonds is 4. The average molecular weight is 478 g/mol. The van der Waals surface area contributed by atoms with E-state index in [4.69, 9.17) is 23.2 Å². The van der Waals surface area contributed by atoms with Gasteiger partial charge in [-0.2, -0.15) is 0 Å². The lowest BCUT2D eigenvalue weighted by molar-refractivity contribution is -0.126. The molecular formula is C25H33Cl2N3O2. The van der Waals surface area contributed by atoms with Gasteiger partial charge in [-0.3, -0.25) is 4.79 Å². The van der Waals surface area contributed by atoms with Gasteiger partial charge in [-0.05, 0) is 99.2 Å². The van der Waals surface area contributed by atoms with Crippen molar-refractivity contribution in [2.75, 3.05) is 25.0 Å². The van der Waals surface area contributed by atoms with Crippen LogP contribution < -0.4 is 10.6 Å². The molecule has 3 amide bonds. The molecule has 0 radical (unpaired) electrons. The number of likely N-dealkylation sites (tertiary alicyclic amines) is 1. The molecule has 2 N–H and O–H groups in total. The number of hydrogen-bond donors (Lipinski definition) is 2. The zero-order valence-corrected chi connectivity index (χ0v) is 20.0. The topological polar surface area (TPSA) is 61.4 Å². The van der Waals surface area contributed by atoms with Gasteiger partial charge in [0.1, 0.15) is 0 Å². The Kier molecular flexibility index (Phi) is 6.58. The van der Waals surface area contributed by atoms with Crippen LogP contribution in [0.1, 0.15) is 51.4 Å². The Hall–Kier alpha value is -1.46. The Morgan fingerprint density at radius 1 is 1.00 bits per heavy atom. The van der Waals surface area contributed by atoms with Gasteiger partial charge in [0.05, 0.1) is 10.7 Å². The summed E-state index contributed by atoms with van der Waals surface area (Å²) >= 11 is 12.1. The molecule has 6 atom stereocenters. The molecule has 3 saturated carbocycles. The van der Waals surface area contributed by atoms with E-state index in [0.717, 1.165) is 55.9 Å². The smallest absolute Gasteiger partial charge is 0.321 e. The Labute approximate surface area is 200 Å². The highest BCUT2D eigenvalue weighted by molar-refractivity contribution is 6.36. The van der Waals surface area contributed by atoms with Gasteiger partial charge in [0.2, 0.25) is 5.91 Å². The van der Waals surface area contributed by atoms with Crippen molar-refractivity contribution in [2.45, 2.75) is 51.4 Å². The van der Waals surface area contributed by atoms with Crippen molar-refractivity contribution in [3.63, 3.8) is 0 Å². The summed E-state index contributed by atoms with van der Waals surface area (Å²) in [6.07, 6.45) is 9.62. The Bertz CT molecular complexity index is 877. The number of halogens is 2. The largest absolute Gasteiger partial charge is 0.356 e. The van der Waals surface area contributed by atoms with Crippen LogP contribution in [0.25, 0.3) is 0 Å². The number of fused-ring (bicyclic) bond motifs is 2. The molecule has 4 aliphatic rings. The SMILES string of the molecule is O=C(NCC1CCCN(C(=O)Nc2ccc(Cl)cc2Cl)C1)C1CC2CC3CC(C2)C(C3)C1. The third kappa shape index (κ3) is 4.89. The van der Waals surface area contributed by atoms with E-state index in [9.17, 15) is 9.59 Å². The van der Waals surface area contributed by atoms with Crippen molar-refractivity contribution < 1.29 is 9.59 Å². The van der Waals surface area contributed by atoms with Gasteiger partial charge in [0.25, 0.3) is 0 Å². The van der Waals surface area contributed by atoms with Gasteiger partial charge < -0.3 is 15.5 Å². The van der Waals surface area contributed by atoms with Crippen LogP contribution in [0, 0.1) is 35.5 Å². The number of benzene rings is 1. The number of carbonyl (C=O) groups is 2. The monoisotopic (exact) mass is 477 g/mol. The Morgan fingerprint density at radius 3 is 2.53 bits per heavy atom. The predicted molar refractivity (Wildman–Crippen MR) is 128 cm³/mol. The van der Waals surface area contributed by atoms with E-state index < -0.39 is 0 Å². The normalized spacial score (nSPS) is 33.6. The third-order valence-corrected chi connectivity index (χ3v) is 8.91. The van der Waals surface area contributed by atoms with Crippen LogP contribution in [-0.2, 0) is 4.79 Å². The highest BCUT2D eigenvalue weighted by Crippen LogP contribution is 2.54. The zero-order valence-electron chi connectivity index (χ0n) is 18.5. The van der Waals surface area contributed by atoms with Crippen LogP contribution >= 0.6 is 23.2 Å². The predicted octanol–water partition coefficient (Wildman–Crippen LogP) is 5.82. The van der Waals surface area contributed by atoms with E-state index in [-0.39, 0.29) is 23.8 Å². The molecule has 174 valence electrons. The highest BCUT2D eigenvalue weighted by atomic mass is 35.5. The van der Waals surface area contributed by atoms with Gasteiger partial charge in [-0.25, -0.2) is 4.79 Å². The fourth-order valence-corrected chi connectivity index (χ4v) is 7.42. The van der Waals surface area contributed by atoms with Gasteiger partial charge in [0.15, 0.2) is 0 Å². The van der Waals surface area contributed by atoms with E-state index >= 15 is 0 Å². The molecule has 6 unspecified atom stereocenters. The number of urea groups is 1. The minimum absolute atomic E-state index is 0.152. The second-order valence-corrected chi connectivity index (χ2v) is 11.5. The zero-order chi connectivity index (χ0) is 22.2. The first-order valence-electron chi connectivity index (χ1n) is 12.2. The molecule has 1 aliphatic heterocycles. The number of piperidine rings is 1. The molecule has 1 saturated heterocycles. The number of hydrogen-bond acceptors (Lipinski definition) is 2. The molecule has 3 bridgehead atoms. The molecule has 5 rings (SSSR count). The molecule has 4 fully saturated rings. The van der Waals surface area contributed by atoms with Crippen molar-refractivity contribution >= 4 is 40.8 Å². The summed E-state index contributed by atoms with van der Waals surface area (Å²) in [5, 5.41) is 7.12. The van der Waals surface area contributed by atoms with Gasteiger partial charge in [-0.15, -0.1) is 0 Å². The lowest BCUT2D eigenvalue weighted by Gasteiger charge is -2.33. The molecule has 3 aliphatic carbocycles. The van der Waals surface area contributed by atoms with Crippen LogP contribution in [-0.4, -0.2) is 36.5 Å². The maximum atomic E-state index is 13.0. The van der Waals surface area contributed by atoms with E-state index in [1.54, 1.807) is 18.2 Å². The van der Waals surface area contributed by atoms with E-state index in [1.165, 1.54) is 25.7 Å². The molecular weight excluding hydrogens is 445 g/mol. The number of anilines is 1. The quantitative estimate of drug-likeness (QED) is 0.573. The summed E-state index contributed by atoms with van der Waals surface area (Å²) in [5.41, 5.74) is 0.563. The Balaban J connectivity index is 1.12. The van der Waals surface area contributed by atoms with E-state index in [1.807, 2.05) is 4.90 Å². The summed E-state index contributed by atoms with van der Waals surface area (Å²) in [6.45, 7) is 2.02. The number of nitrogens with zero attached hydrogens (tertiary/aromatic N) is 1. The lowest BCUT2D eigenvalue weighted by atomic mass is 9.78. The van der Waals surface area contributed by atoms with Crippen LogP contribution in [0.4, 0.5) is 10.5 Å². The fourth-order valence-electron chi connectivity index (χ4n) is 6.96. The summed E-state index contributed by atoms with van der Waals surface area (Å²) in [5.74, 6) is 4.08. The molecule has 1 aromatic rings. The number of nitrogens with one attached hydrogen (secondary N) is 2. The molecule has 1 aromatic carbocycles. The number of amides is 3. The van der Waals surface area contributed by atoms with E-state index in [2.05, 4.69) is 10.6 Å². The molecule has 32 heavy (non-hydrogen) atoms. The van der Waals surface area contributed by atoms with Crippen molar-refractivity contribution in [3.8, 4) is 0 Å². The first-order valence-corrected chi connectivity index (χ1v) is 13.0. The van der Waals surface area contributed by atoms with Crippen LogP contribution in [0.5, 0.6) is 0 Å². The highest BCUT2D eigenvalue weighted by Gasteiger charge is 2.45. The summed E-state index contributed by atoms with van der Waals surface area (Å²) < 4.78 is 0. The standard InChI is InChI=1S/C25H33Cl2N3O2/c26-21-3-4-23(22(27)12-21)29-25(32)30-5-1-2-15(14-30)13-28-24(31)20-10-17-6-16-7-18(8-17)19(9-16)11-20/h3-4,12,15-20H,1-2,5-11,13-14H2,(H,28,31)(H,29,32). The van der Waals surface area contributed by atoms with Crippen LogP contribution in [0.3, 0.4) is 0 Å². The van der Waals surface area contributed by atoms with Crippen molar-refractivity contribution in [1.82, 2.24) is 10.2 Å². The maximum absolute atomic E-state index is 13.0. The summed E-state index contributed by atoms with van der Waals surface area (Å²) in [7, 11) is 0. The second kappa shape index (κ2) is 9.42. The van der Waals surface area contributed by atoms with Gasteiger partial charge in [0, 0.05) is 30.6 Å². The third-order valence-electron chi connectivity index (χ3n) is 8.36.